The Morgan fingerprint density at radius 2 is 2.11 bits per heavy atom. The molecule has 7 nitrogen and oxygen atoms in total. The van der Waals surface area contributed by atoms with Gasteiger partial charge in [0.1, 0.15) is 17.8 Å². The van der Waals surface area contributed by atoms with Gasteiger partial charge in [-0.15, -0.1) is 0 Å². The van der Waals surface area contributed by atoms with E-state index in [0.717, 1.165) is 5.69 Å². The summed E-state index contributed by atoms with van der Waals surface area (Å²) in [5.74, 6) is 0.152. The van der Waals surface area contributed by atoms with Crippen molar-refractivity contribution in [1.29, 1.82) is 0 Å². The Labute approximate surface area is 155 Å². The fraction of sp³-hybridized carbons (Fsp3) is 0.368. The van der Waals surface area contributed by atoms with Gasteiger partial charge >= 0.3 is 0 Å². The summed E-state index contributed by atoms with van der Waals surface area (Å²) in [5.41, 5.74) is 1.75. The molecule has 3 aromatic rings. The van der Waals surface area contributed by atoms with Crippen LogP contribution in [-0.4, -0.2) is 49.6 Å². The summed E-state index contributed by atoms with van der Waals surface area (Å²) >= 11 is 0. The number of likely N-dealkylation sites (tertiary alicyclic amines) is 1. The Balaban J connectivity index is 1.40. The van der Waals surface area contributed by atoms with E-state index in [2.05, 4.69) is 15.1 Å². The zero-order chi connectivity index (χ0) is 19.0. The highest BCUT2D eigenvalue weighted by Gasteiger charge is 2.33. The number of benzene rings is 1. The van der Waals surface area contributed by atoms with E-state index in [1.165, 1.54) is 12.4 Å². The molecule has 1 aromatic carbocycles. The Morgan fingerprint density at radius 3 is 2.85 bits per heavy atom. The summed E-state index contributed by atoms with van der Waals surface area (Å²) in [7, 11) is 0. The standard InChI is InChI=1S/C19H20FN5O2/c1-12(2)17-7-16(23-19-21-11-22-25(17)19)18(26)24-8-14(9-24)27-10-13-5-3-4-6-15(13)20/h3-7,11-12,14H,8-10H2,1-2H3. The molecular weight excluding hydrogens is 349 g/mol. The second-order valence-corrected chi connectivity index (χ2v) is 6.93. The number of amides is 1. The van der Waals surface area contributed by atoms with Crippen LogP contribution in [-0.2, 0) is 11.3 Å². The third-order valence-corrected chi connectivity index (χ3v) is 4.66. The van der Waals surface area contributed by atoms with Crippen LogP contribution in [0.3, 0.4) is 0 Å². The number of nitrogens with zero attached hydrogens (tertiary/aromatic N) is 5. The van der Waals surface area contributed by atoms with E-state index in [4.69, 9.17) is 4.74 Å². The van der Waals surface area contributed by atoms with Crippen LogP contribution >= 0.6 is 0 Å². The molecule has 0 spiro atoms. The number of aromatic nitrogens is 4. The van der Waals surface area contributed by atoms with Gasteiger partial charge in [0.25, 0.3) is 11.7 Å². The lowest BCUT2D eigenvalue weighted by molar-refractivity contribution is -0.0511. The molecule has 2 aromatic heterocycles. The minimum atomic E-state index is -0.281. The normalized spacial score (nSPS) is 14.7. The van der Waals surface area contributed by atoms with Crippen molar-refractivity contribution < 1.29 is 13.9 Å². The SMILES string of the molecule is CC(C)c1cc(C(=O)N2CC(OCc3ccccc3F)C2)nc2ncnn12. The first kappa shape index (κ1) is 17.5. The van der Waals surface area contributed by atoms with Gasteiger partial charge in [-0.2, -0.15) is 10.1 Å². The zero-order valence-corrected chi connectivity index (χ0v) is 15.2. The second-order valence-electron chi connectivity index (χ2n) is 6.93. The van der Waals surface area contributed by atoms with E-state index >= 15 is 0 Å². The quantitative estimate of drug-likeness (QED) is 0.691. The molecule has 0 radical (unpaired) electrons. The number of halogens is 1. The van der Waals surface area contributed by atoms with Gasteiger partial charge in [-0.05, 0) is 18.1 Å². The molecule has 8 heteroatoms. The highest BCUT2D eigenvalue weighted by Crippen LogP contribution is 2.20. The molecule has 0 unspecified atom stereocenters. The van der Waals surface area contributed by atoms with Crippen LogP contribution in [0.4, 0.5) is 4.39 Å². The van der Waals surface area contributed by atoms with Gasteiger partial charge in [0.2, 0.25) is 0 Å². The van der Waals surface area contributed by atoms with Crippen LogP contribution in [0.2, 0.25) is 0 Å². The average molecular weight is 369 g/mol. The molecule has 0 saturated carbocycles. The summed E-state index contributed by atoms with van der Waals surface area (Å²) in [6.45, 7) is 5.18. The van der Waals surface area contributed by atoms with Crippen molar-refractivity contribution in [3.63, 3.8) is 0 Å². The molecule has 0 atom stereocenters. The maximum Gasteiger partial charge on any atom is 0.272 e. The third-order valence-electron chi connectivity index (χ3n) is 4.66. The molecule has 3 heterocycles. The van der Waals surface area contributed by atoms with Gasteiger partial charge in [0, 0.05) is 18.7 Å². The first-order valence-electron chi connectivity index (χ1n) is 8.88. The largest absolute Gasteiger partial charge is 0.370 e. The van der Waals surface area contributed by atoms with Crippen molar-refractivity contribution in [3.8, 4) is 0 Å². The van der Waals surface area contributed by atoms with Crippen LogP contribution in [0.15, 0.2) is 36.7 Å². The van der Waals surface area contributed by atoms with E-state index in [9.17, 15) is 9.18 Å². The molecule has 4 rings (SSSR count). The maximum atomic E-state index is 13.6. The van der Waals surface area contributed by atoms with Crippen LogP contribution in [0.1, 0.15) is 41.5 Å². The number of carbonyl (C=O) groups excluding carboxylic acids is 1. The van der Waals surface area contributed by atoms with Crippen LogP contribution < -0.4 is 0 Å². The minimum Gasteiger partial charge on any atom is -0.370 e. The maximum absolute atomic E-state index is 13.6. The summed E-state index contributed by atoms with van der Waals surface area (Å²) < 4.78 is 21.0. The first-order valence-corrected chi connectivity index (χ1v) is 8.88. The fourth-order valence-corrected chi connectivity index (χ4v) is 3.05. The Kier molecular flexibility index (Phi) is 4.57. The number of fused-ring (bicyclic) bond motifs is 1. The zero-order valence-electron chi connectivity index (χ0n) is 15.2. The van der Waals surface area contributed by atoms with Crippen molar-refractivity contribution in [2.75, 3.05) is 13.1 Å². The Bertz CT molecular complexity index is 981. The van der Waals surface area contributed by atoms with Gasteiger partial charge in [-0.1, -0.05) is 32.0 Å². The lowest BCUT2D eigenvalue weighted by atomic mass is 10.1. The molecule has 1 aliphatic heterocycles. The molecule has 27 heavy (non-hydrogen) atoms. The monoisotopic (exact) mass is 369 g/mol. The summed E-state index contributed by atoms with van der Waals surface area (Å²) in [6.07, 6.45) is 1.33. The molecule has 140 valence electrons. The third kappa shape index (κ3) is 3.40. The van der Waals surface area contributed by atoms with Crippen molar-refractivity contribution in [1.82, 2.24) is 24.5 Å². The molecule has 1 aliphatic rings. The van der Waals surface area contributed by atoms with Gasteiger partial charge in [0.05, 0.1) is 18.4 Å². The molecule has 0 bridgehead atoms. The summed E-state index contributed by atoms with van der Waals surface area (Å²) in [6, 6.07) is 8.29. The number of hydrogen-bond acceptors (Lipinski definition) is 5. The fourth-order valence-electron chi connectivity index (χ4n) is 3.05. The van der Waals surface area contributed by atoms with E-state index in [1.807, 2.05) is 13.8 Å². The number of carbonyl (C=O) groups is 1. The number of rotatable bonds is 5. The topological polar surface area (TPSA) is 72.6 Å². The predicted molar refractivity (Wildman–Crippen MR) is 95.8 cm³/mol. The summed E-state index contributed by atoms with van der Waals surface area (Å²) in [5, 5.41) is 4.16. The minimum absolute atomic E-state index is 0.102. The van der Waals surface area contributed by atoms with Crippen LogP contribution in [0, 0.1) is 5.82 Å². The molecule has 0 aliphatic carbocycles. The molecule has 1 saturated heterocycles. The van der Waals surface area contributed by atoms with Crippen molar-refractivity contribution >= 4 is 11.7 Å². The first-order chi connectivity index (χ1) is 13.0. The van der Waals surface area contributed by atoms with E-state index in [1.54, 1.807) is 33.7 Å². The smallest absolute Gasteiger partial charge is 0.272 e. The molecule has 1 amide bonds. The average Bonchev–Trinajstić information content (AvgIpc) is 3.09. The van der Waals surface area contributed by atoms with Gasteiger partial charge in [-0.25, -0.2) is 13.9 Å². The molecule has 0 N–H and O–H groups in total. The van der Waals surface area contributed by atoms with E-state index in [-0.39, 0.29) is 30.4 Å². The second kappa shape index (κ2) is 7.03. The molecule has 1 fully saturated rings. The van der Waals surface area contributed by atoms with Gasteiger partial charge in [-0.3, -0.25) is 4.79 Å². The predicted octanol–water partition coefficient (Wildman–Crippen LogP) is 2.43. The van der Waals surface area contributed by atoms with Gasteiger partial charge in [0.15, 0.2) is 0 Å². The van der Waals surface area contributed by atoms with Crippen LogP contribution in [0.5, 0.6) is 0 Å². The highest BCUT2D eigenvalue weighted by atomic mass is 19.1. The van der Waals surface area contributed by atoms with Crippen LogP contribution in [0.25, 0.3) is 5.78 Å². The van der Waals surface area contributed by atoms with E-state index in [0.29, 0.717) is 30.1 Å². The molecular formula is C19H20FN5O2. The van der Waals surface area contributed by atoms with Crippen molar-refractivity contribution in [2.24, 2.45) is 0 Å². The number of hydrogen-bond donors (Lipinski definition) is 0. The van der Waals surface area contributed by atoms with Crippen molar-refractivity contribution in [3.05, 3.63) is 59.4 Å². The van der Waals surface area contributed by atoms with Crippen molar-refractivity contribution in [2.45, 2.75) is 32.5 Å². The lowest BCUT2D eigenvalue weighted by Crippen LogP contribution is -2.54. The van der Waals surface area contributed by atoms with Gasteiger partial charge < -0.3 is 9.64 Å². The Morgan fingerprint density at radius 1 is 1.33 bits per heavy atom. The highest BCUT2D eigenvalue weighted by molar-refractivity contribution is 5.93. The Hall–Kier alpha value is -2.87. The summed E-state index contributed by atoms with van der Waals surface area (Å²) in [4.78, 5) is 22.8. The van der Waals surface area contributed by atoms with E-state index < -0.39 is 0 Å². The number of ether oxygens (including phenoxy) is 1. The lowest BCUT2D eigenvalue weighted by Gasteiger charge is -2.38.